The lowest BCUT2D eigenvalue weighted by molar-refractivity contribution is 0.138. The molecule has 0 spiro atoms. The Morgan fingerprint density at radius 3 is 3.00 bits per heavy atom. The Balaban J connectivity index is 1.87. The van der Waals surface area contributed by atoms with E-state index in [0.29, 0.717) is 5.92 Å². The molecule has 1 saturated carbocycles. The van der Waals surface area contributed by atoms with E-state index in [0.717, 1.165) is 37.3 Å². The van der Waals surface area contributed by atoms with Gasteiger partial charge in [-0.1, -0.05) is 12.5 Å². The first kappa shape index (κ1) is 10.4. The normalized spacial score (nSPS) is 25.5. The van der Waals surface area contributed by atoms with Crippen LogP contribution < -0.4 is 5.32 Å². The van der Waals surface area contributed by atoms with Gasteiger partial charge in [0.2, 0.25) is 0 Å². The van der Waals surface area contributed by atoms with Crippen LogP contribution in [0.3, 0.4) is 0 Å². The number of nitrogens with one attached hydrogen (secondary N) is 1. The third-order valence-electron chi connectivity index (χ3n) is 3.05. The van der Waals surface area contributed by atoms with Crippen LogP contribution in [-0.2, 0) is 0 Å². The van der Waals surface area contributed by atoms with Crippen LogP contribution in [0, 0.1) is 12.8 Å². The predicted octanol–water partition coefficient (Wildman–Crippen LogP) is 1.96. The van der Waals surface area contributed by atoms with Gasteiger partial charge in [-0.15, -0.1) is 0 Å². The lowest BCUT2D eigenvalue weighted by Crippen LogP contribution is -2.22. The number of aliphatic hydroxyl groups excluding tert-OH is 1. The van der Waals surface area contributed by atoms with Gasteiger partial charge in [0.05, 0.1) is 6.10 Å². The molecule has 0 amide bonds. The first-order valence-corrected chi connectivity index (χ1v) is 5.61. The van der Waals surface area contributed by atoms with Crippen molar-refractivity contribution >= 4 is 5.82 Å². The third-order valence-corrected chi connectivity index (χ3v) is 3.05. The molecule has 2 rings (SSSR count). The van der Waals surface area contributed by atoms with Gasteiger partial charge in [-0.05, 0) is 31.9 Å². The average molecular weight is 206 g/mol. The molecule has 1 aliphatic carbocycles. The summed E-state index contributed by atoms with van der Waals surface area (Å²) in [6, 6.07) is 5.94. The largest absolute Gasteiger partial charge is 0.393 e. The van der Waals surface area contributed by atoms with E-state index in [9.17, 15) is 5.11 Å². The summed E-state index contributed by atoms with van der Waals surface area (Å²) in [7, 11) is 0. The number of pyridine rings is 1. The van der Waals surface area contributed by atoms with E-state index in [1.807, 2.05) is 25.1 Å². The molecule has 2 N–H and O–H groups in total. The van der Waals surface area contributed by atoms with Gasteiger partial charge in [0, 0.05) is 18.2 Å². The van der Waals surface area contributed by atoms with Gasteiger partial charge < -0.3 is 10.4 Å². The van der Waals surface area contributed by atoms with Crippen LogP contribution >= 0.6 is 0 Å². The molecular weight excluding hydrogens is 188 g/mol. The minimum absolute atomic E-state index is 0.123. The highest BCUT2D eigenvalue weighted by molar-refractivity contribution is 5.35. The van der Waals surface area contributed by atoms with Gasteiger partial charge in [0.1, 0.15) is 5.82 Å². The number of aromatic nitrogens is 1. The number of aryl methyl sites for hydroxylation is 1. The highest BCUT2D eigenvalue weighted by Crippen LogP contribution is 2.25. The van der Waals surface area contributed by atoms with Crippen LogP contribution in [0.2, 0.25) is 0 Å². The van der Waals surface area contributed by atoms with Crippen molar-refractivity contribution in [1.82, 2.24) is 4.98 Å². The fourth-order valence-corrected chi connectivity index (χ4v) is 2.13. The van der Waals surface area contributed by atoms with Crippen molar-refractivity contribution in [2.75, 3.05) is 11.9 Å². The van der Waals surface area contributed by atoms with E-state index in [4.69, 9.17) is 0 Å². The van der Waals surface area contributed by atoms with Crippen LogP contribution in [0.4, 0.5) is 5.82 Å². The van der Waals surface area contributed by atoms with E-state index >= 15 is 0 Å². The summed E-state index contributed by atoms with van der Waals surface area (Å²) < 4.78 is 0. The molecule has 15 heavy (non-hydrogen) atoms. The van der Waals surface area contributed by atoms with Gasteiger partial charge in [-0.25, -0.2) is 4.98 Å². The maximum Gasteiger partial charge on any atom is 0.126 e. The van der Waals surface area contributed by atoms with Gasteiger partial charge in [-0.3, -0.25) is 0 Å². The Labute approximate surface area is 90.5 Å². The molecule has 82 valence electrons. The molecule has 0 radical (unpaired) electrons. The molecule has 1 heterocycles. The van der Waals surface area contributed by atoms with Crippen LogP contribution in [0.15, 0.2) is 18.2 Å². The topological polar surface area (TPSA) is 45.1 Å². The molecule has 0 bridgehead atoms. The molecule has 0 saturated heterocycles. The summed E-state index contributed by atoms with van der Waals surface area (Å²) in [5.41, 5.74) is 1.02. The summed E-state index contributed by atoms with van der Waals surface area (Å²) in [6.45, 7) is 2.81. The molecule has 1 fully saturated rings. The minimum atomic E-state index is -0.123. The summed E-state index contributed by atoms with van der Waals surface area (Å²) in [6.07, 6.45) is 3.10. The number of anilines is 1. The second-order valence-corrected chi connectivity index (χ2v) is 4.30. The van der Waals surface area contributed by atoms with Crippen molar-refractivity contribution in [1.29, 1.82) is 0 Å². The van der Waals surface area contributed by atoms with Crippen molar-refractivity contribution < 1.29 is 5.11 Å². The van der Waals surface area contributed by atoms with Crippen molar-refractivity contribution in [3.63, 3.8) is 0 Å². The number of hydrogen-bond acceptors (Lipinski definition) is 3. The molecule has 3 heteroatoms. The molecular formula is C12H18N2O. The lowest BCUT2D eigenvalue weighted by atomic mass is 10.1. The Morgan fingerprint density at radius 1 is 1.47 bits per heavy atom. The summed E-state index contributed by atoms with van der Waals surface area (Å²) in [4.78, 5) is 4.37. The van der Waals surface area contributed by atoms with Crippen molar-refractivity contribution in [3.8, 4) is 0 Å². The summed E-state index contributed by atoms with van der Waals surface area (Å²) >= 11 is 0. The van der Waals surface area contributed by atoms with E-state index in [-0.39, 0.29) is 6.10 Å². The Bertz CT molecular complexity index is 327. The van der Waals surface area contributed by atoms with Crippen molar-refractivity contribution in [2.24, 2.45) is 5.92 Å². The number of hydrogen-bond donors (Lipinski definition) is 2. The fourth-order valence-electron chi connectivity index (χ4n) is 2.13. The maximum atomic E-state index is 9.66. The third kappa shape index (κ3) is 2.69. The van der Waals surface area contributed by atoms with Crippen molar-refractivity contribution in [3.05, 3.63) is 23.9 Å². The summed E-state index contributed by atoms with van der Waals surface area (Å²) in [5.74, 6) is 1.31. The van der Waals surface area contributed by atoms with Gasteiger partial charge in [-0.2, -0.15) is 0 Å². The van der Waals surface area contributed by atoms with Crippen LogP contribution in [0.1, 0.15) is 25.0 Å². The number of nitrogens with zero attached hydrogens (tertiary/aromatic N) is 1. The summed E-state index contributed by atoms with van der Waals surface area (Å²) in [5, 5.41) is 12.9. The SMILES string of the molecule is Cc1cccc(NCC2CCCC2O)n1. The lowest BCUT2D eigenvalue weighted by Gasteiger charge is -2.15. The smallest absolute Gasteiger partial charge is 0.126 e. The Hall–Kier alpha value is -1.09. The Morgan fingerprint density at radius 2 is 2.33 bits per heavy atom. The second-order valence-electron chi connectivity index (χ2n) is 4.30. The molecule has 0 aromatic carbocycles. The maximum absolute atomic E-state index is 9.66. The molecule has 1 aromatic heterocycles. The average Bonchev–Trinajstić information content (AvgIpc) is 2.61. The standard InChI is InChI=1S/C12H18N2O/c1-9-4-2-7-12(14-9)13-8-10-5-3-6-11(10)15/h2,4,7,10-11,15H,3,5-6,8H2,1H3,(H,13,14). The van der Waals surface area contributed by atoms with E-state index < -0.39 is 0 Å². The van der Waals surface area contributed by atoms with E-state index in [1.165, 1.54) is 0 Å². The predicted molar refractivity (Wildman–Crippen MR) is 60.8 cm³/mol. The second kappa shape index (κ2) is 4.62. The molecule has 3 nitrogen and oxygen atoms in total. The quantitative estimate of drug-likeness (QED) is 0.794. The van der Waals surface area contributed by atoms with Crippen molar-refractivity contribution in [2.45, 2.75) is 32.3 Å². The van der Waals surface area contributed by atoms with E-state index in [1.54, 1.807) is 0 Å². The number of rotatable bonds is 3. The van der Waals surface area contributed by atoms with Crippen LogP contribution in [0.25, 0.3) is 0 Å². The molecule has 1 aromatic rings. The first-order chi connectivity index (χ1) is 7.25. The zero-order valence-electron chi connectivity index (χ0n) is 9.11. The van der Waals surface area contributed by atoms with Crippen LogP contribution in [-0.4, -0.2) is 22.7 Å². The molecule has 1 aliphatic rings. The highest BCUT2D eigenvalue weighted by Gasteiger charge is 2.24. The van der Waals surface area contributed by atoms with Gasteiger partial charge in [0.25, 0.3) is 0 Å². The fraction of sp³-hybridized carbons (Fsp3) is 0.583. The van der Waals surface area contributed by atoms with Gasteiger partial charge in [0.15, 0.2) is 0 Å². The monoisotopic (exact) mass is 206 g/mol. The van der Waals surface area contributed by atoms with Crippen LogP contribution in [0.5, 0.6) is 0 Å². The highest BCUT2D eigenvalue weighted by atomic mass is 16.3. The Kier molecular flexibility index (Phi) is 3.21. The van der Waals surface area contributed by atoms with Gasteiger partial charge >= 0.3 is 0 Å². The zero-order valence-corrected chi connectivity index (χ0v) is 9.11. The number of aliphatic hydroxyl groups is 1. The van der Waals surface area contributed by atoms with E-state index in [2.05, 4.69) is 10.3 Å². The molecule has 0 aliphatic heterocycles. The first-order valence-electron chi connectivity index (χ1n) is 5.61. The zero-order chi connectivity index (χ0) is 10.7. The minimum Gasteiger partial charge on any atom is -0.393 e. The molecule has 2 atom stereocenters. The molecule has 2 unspecified atom stereocenters.